The molecule has 0 heterocycles. The highest BCUT2D eigenvalue weighted by molar-refractivity contribution is 7.99. The number of aliphatic hydroxyl groups excluding tert-OH is 1. The van der Waals surface area contributed by atoms with Gasteiger partial charge in [0.15, 0.2) is 0 Å². The fraction of sp³-hybridized carbons (Fsp3) is 0.538. The maximum atomic E-state index is 8.96. The van der Waals surface area contributed by atoms with Gasteiger partial charge in [-0.1, -0.05) is 26.0 Å². The Kier molecular flexibility index (Phi) is 6.53. The van der Waals surface area contributed by atoms with E-state index in [0.29, 0.717) is 5.92 Å². The summed E-state index contributed by atoms with van der Waals surface area (Å²) in [4.78, 5) is 1.29. The van der Waals surface area contributed by atoms with Gasteiger partial charge in [-0.15, -0.1) is 11.8 Å². The summed E-state index contributed by atoms with van der Waals surface area (Å²) in [5.41, 5.74) is 1.32. The van der Waals surface area contributed by atoms with Gasteiger partial charge in [0.05, 0.1) is 0 Å². The second-order valence-electron chi connectivity index (χ2n) is 4.03. The number of aliphatic hydroxyl groups is 1. The third kappa shape index (κ3) is 5.01. The Balaban J connectivity index is 2.46. The van der Waals surface area contributed by atoms with Crippen LogP contribution in [-0.4, -0.2) is 24.0 Å². The van der Waals surface area contributed by atoms with Crippen LogP contribution >= 0.6 is 11.8 Å². The molecule has 0 amide bonds. The van der Waals surface area contributed by atoms with Crippen LogP contribution < -0.4 is 5.32 Å². The second kappa shape index (κ2) is 7.71. The van der Waals surface area contributed by atoms with Crippen LogP contribution in [0.4, 0.5) is 0 Å². The van der Waals surface area contributed by atoms with Crippen LogP contribution in [0.5, 0.6) is 0 Å². The highest BCUT2D eigenvalue weighted by atomic mass is 32.2. The molecule has 0 aliphatic rings. The van der Waals surface area contributed by atoms with E-state index in [1.807, 2.05) is 11.8 Å². The zero-order chi connectivity index (χ0) is 11.8. The first-order valence-corrected chi connectivity index (χ1v) is 6.78. The van der Waals surface area contributed by atoms with Gasteiger partial charge in [-0.25, -0.2) is 0 Å². The van der Waals surface area contributed by atoms with E-state index in [1.54, 1.807) is 0 Å². The zero-order valence-corrected chi connectivity index (χ0v) is 10.9. The Morgan fingerprint density at radius 1 is 1.44 bits per heavy atom. The molecule has 90 valence electrons. The number of thioether (sulfide) groups is 1. The molecule has 1 aromatic rings. The van der Waals surface area contributed by atoms with E-state index in [1.165, 1.54) is 10.5 Å². The quantitative estimate of drug-likeness (QED) is 0.717. The molecule has 0 spiro atoms. The van der Waals surface area contributed by atoms with E-state index in [-0.39, 0.29) is 6.61 Å². The summed E-state index contributed by atoms with van der Waals surface area (Å²) in [5, 5.41) is 12.3. The summed E-state index contributed by atoms with van der Waals surface area (Å²) in [6.45, 7) is 6.38. The Hall–Kier alpha value is -0.510. The molecule has 0 saturated carbocycles. The van der Waals surface area contributed by atoms with E-state index in [4.69, 9.17) is 5.11 Å². The second-order valence-corrected chi connectivity index (χ2v) is 5.12. The molecule has 1 unspecified atom stereocenters. The minimum absolute atomic E-state index is 0.268. The third-order valence-electron chi connectivity index (χ3n) is 2.32. The molecule has 16 heavy (non-hydrogen) atoms. The van der Waals surface area contributed by atoms with Crippen molar-refractivity contribution in [3.8, 4) is 0 Å². The van der Waals surface area contributed by atoms with Crippen LogP contribution in [0.25, 0.3) is 0 Å². The first-order valence-electron chi connectivity index (χ1n) is 5.79. The number of rotatable bonds is 7. The van der Waals surface area contributed by atoms with Gasteiger partial charge in [-0.05, 0) is 30.2 Å². The number of hydrogen-bond donors (Lipinski definition) is 2. The minimum Gasteiger partial charge on any atom is -0.396 e. The number of benzene rings is 1. The lowest BCUT2D eigenvalue weighted by Crippen LogP contribution is -2.11. The van der Waals surface area contributed by atoms with E-state index in [2.05, 4.69) is 43.4 Å². The molecule has 1 rings (SSSR count). The first kappa shape index (κ1) is 13.6. The van der Waals surface area contributed by atoms with Crippen molar-refractivity contribution in [2.24, 2.45) is 5.92 Å². The van der Waals surface area contributed by atoms with Crippen LogP contribution in [-0.2, 0) is 6.54 Å². The van der Waals surface area contributed by atoms with Gasteiger partial charge < -0.3 is 10.4 Å². The average molecular weight is 239 g/mol. The van der Waals surface area contributed by atoms with Crippen molar-refractivity contribution in [1.29, 1.82) is 0 Å². The molecular formula is C13H21NOS. The van der Waals surface area contributed by atoms with E-state index < -0.39 is 0 Å². The summed E-state index contributed by atoms with van der Waals surface area (Å²) in [6, 6.07) is 8.59. The smallest absolute Gasteiger partial charge is 0.0464 e. The summed E-state index contributed by atoms with van der Waals surface area (Å²) in [5.74, 6) is 1.34. The topological polar surface area (TPSA) is 32.3 Å². The molecule has 0 aliphatic carbocycles. The average Bonchev–Trinajstić information content (AvgIpc) is 2.34. The SMILES string of the molecule is CCNCc1cccc(SCC(C)CO)c1. The lowest BCUT2D eigenvalue weighted by atomic mass is 10.2. The fourth-order valence-corrected chi connectivity index (χ4v) is 2.30. The van der Waals surface area contributed by atoms with E-state index in [0.717, 1.165) is 18.8 Å². The maximum Gasteiger partial charge on any atom is 0.0464 e. The monoisotopic (exact) mass is 239 g/mol. The molecule has 0 aromatic heterocycles. The molecule has 0 radical (unpaired) electrons. The predicted molar refractivity (Wildman–Crippen MR) is 70.8 cm³/mol. The van der Waals surface area contributed by atoms with Crippen LogP contribution in [0.1, 0.15) is 19.4 Å². The number of hydrogen-bond acceptors (Lipinski definition) is 3. The molecule has 2 nitrogen and oxygen atoms in total. The van der Waals surface area contributed by atoms with Crippen molar-refractivity contribution in [2.45, 2.75) is 25.3 Å². The van der Waals surface area contributed by atoms with Gasteiger partial charge in [-0.3, -0.25) is 0 Å². The zero-order valence-electron chi connectivity index (χ0n) is 10.1. The van der Waals surface area contributed by atoms with E-state index >= 15 is 0 Å². The van der Waals surface area contributed by atoms with Crippen molar-refractivity contribution in [3.63, 3.8) is 0 Å². The Morgan fingerprint density at radius 3 is 2.94 bits per heavy atom. The maximum absolute atomic E-state index is 8.96. The predicted octanol–water partition coefficient (Wildman–Crippen LogP) is 2.52. The highest BCUT2D eigenvalue weighted by Gasteiger charge is 2.02. The summed E-state index contributed by atoms with van der Waals surface area (Å²) in [7, 11) is 0. The van der Waals surface area contributed by atoms with Crippen molar-refractivity contribution in [1.82, 2.24) is 5.32 Å². The van der Waals surface area contributed by atoms with Gasteiger partial charge in [0.1, 0.15) is 0 Å². The summed E-state index contributed by atoms with van der Waals surface area (Å²) in [6.07, 6.45) is 0. The van der Waals surface area contributed by atoms with Crippen LogP contribution in [0.15, 0.2) is 29.2 Å². The molecule has 0 aliphatic heterocycles. The van der Waals surface area contributed by atoms with Crippen molar-refractivity contribution in [3.05, 3.63) is 29.8 Å². The normalized spacial score (nSPS) is 12.7. The molecular weight excluding hydrogens is 218 g/mol. The van der Waals surface area contributed by atoms with Gasteiger partial charge in [0.25, 0.3) is 0 Å². The Morgan fingerprint density at radius 2 is 2.25 bits per heavy atom. The Labute approximate surface area is 102 Å². The third-order valence-corrected chi connectivity index (χ3v) is 3.65. The first-order chi connectivity index (χ1) is 7.76. The molecule has 0 bridgehead atoms. The number of nitrogens with one attached hydrogen (secondary N) is 1. The van der Waals surface area contributed by atoms with Crippen LogP contribution in [0.2, 0.25) is 0 Å². The van der Waals surface area contributed by atoms with Crippen molar-refractivity contribution in [2.75, 3.05) is 18.9 Å². The van der Waals surface area contributed by atoms with Gasteiger partial charge in [0, 0.05) is 23.8 Å². The Bertz CT molecular complexity index is 304. The highest BCUT2D eigenvalue weighted by Crippen LogP contribution is 2.21. The largest absolute Gasteiger partial charge is 0.396 e. The molecule has 0 fully saturated rings. The van der Waals surface area contributed by atoms with Crippen LogP contribution in [0.3, 0.4) is 0 Å². The molecule has 1 atom stereocenters. The standard InChI is InChI=1S/C13H21NOS/c1-3-14-8-12-5-4-6-13(7-12)16-10-11(2)9-15/h4-7,11,14-15H,3,8-10H2,1-2H3. The fourth-order valence-electron chi connectivity index (χ4n) is 1.31. The van der Waals surface area contributed by atoms with Gasteiger partial charge in [-0.2, -0.15) is 0 Å². The molecule has 3 heteroatoms. The minimum atomic E-state index is 0.268. The summed E-state index contributed by atoms with van der Waals surface area (Å²) >= 11 is 1.81. The van der Waals surface area contributed by atoms with Gasteiger partial charge in [0.2, 0.25) is 0 Å². The lowest BCUT2D eigenvalue weighted by molar-refractivity contribution is 0.250. The van der Waals surface area contributed by atoms with Gasteiger partial charge >= 0.3 is 0 Å². The van der Waals surface area contributed by atoms with Crippen molar-refractivity contribution < 1.29 is 5.11 Å². The van der Waals surface area contributed by atoms with E-state index in [9.17, 15) is 0 Å². The lowest BCUT2D eigenvalue weighted by Gasteiger charge is -2.08. The summed E-state index contributed by atoms with van der Waals surface area (Å²) < 4.78 is 0. The van der Waals surface area contributed by atoms with Crippen LogP contribution in [0, 0.1) is 5.92 Å². The molecule has 2 N–H and O–H groups in total. The molecule has 1 aromatic carbocycles. The van der Waals surface area contributed by atoms with Crippen molar-refractivity contribution >= 4 is 11.8 Å². The molecule has 0 saturated heterocycles.